The molecule has 1 aliphatic rings. The number of aryl methyl sites for hydroxylation is 1. The molecule has 1 amide bonds. The number of fused-ring (bicyclic) bond motifs is 1. The van der Waals surface area contributed by atoms with E-state index in [0.717, 1.165) is 29.7 Å². The molecule has 108 valence electrons. The second-order valence-electron chi connectivity index (χ2n) is 5.49. The highest BCUT2D eigenvalue weighted by Gasteiger charge is 2.21. The molecule has 0 spiro atoms. The smallest absolute Gasteiger partial charge is 0.227 e. The molecule has 2 N–H and O–H groups in total. The highest BCUT2D eigenvalue weighted by Crippen LogP contribution is 2.28. The molecule has 3 nitrogen and oxygen atoms in total. The standard InChI is InChI=1S/C18H20N2O/c19-12-14-5-3-6-15(11-14)13-20-17-9-2-1-7-16(17)8-4-10-18(20)21/h1-3,5-7,9,11H,4,8,10,12-13,19H2. The van der Waals surface area contributed by atoms with Crippen molar-refractivity contribution in [2.24, 2.45) is 5.73 Å². The number of anilines is 1. The number of para-hydroxylation sites is 1. The molecule has 3 rings (SSSR count). The Balaban J connectivity index is 1.93. The van der Waals surface area contributed by atoms with Crippen LogP contribution in [-0.2, 0) is 24.3 Å². The Hall–Kier alpha value is -2.13. The molecule has 0 fully saturated rings. The number of benzene rings is 2. The lowest BCUT2D eigenvalue weighted by molar-refractivity contribution is -0.118. The van der Waals surface area contributed by atoms with E-state index in [1.165, 1.54) is 5.56 Å². The molecular weight excluding hydrogens is 260 g/mol. The van der Waals surface area contributed by atoms with Crippen molar-refractivity contribution < 1.29 is 4.79 Å². The van der Waals surface area contributed by atoms with Gasteiger partial charge in [0.2, 0.25) is 5.91 Å². The van der Waals surface area contributed by atoms with Crippen molar-refractivity contribution in [1.29, 1.82) is 0 Å². The van der Waals surface area contributed by atoms with Crippen molar-refractivity contribution in [2.45, 2.75) is 32.4 Å². The number of nitrogens with two attached hydrogens (primary N) is 1. The van der Waals surface area contributed by atoms with E-state index in [1.807, 2.05) is 35.2 Å². The first-order valence-corrected chi connectivity index (χ1v) is 7.44. The zero-order valence-corrected chi connectivity index (χ0v) is 12.1. The van der Waals surface area contributed by atoms with Crippen LogP contribution < -0.4 is 10.6 Å². The molecular formula is C18H20N2O. The van der Waals surface area contributed by atoms with Crippen LogP contribution in [0.25, 0.3) is 0 Å². The van der Waals surface area contributed by atoms with Gasteiger partial charge in [0.15, 0.2) is 0 Å². The van der Waals surface area contributed by atoms with Gasteiger partial charge in [0.25, 0.3) is 0 Å². The van der Waals surface area contributed by atoms with Gasteiger partial charge >= 0.3 is 0 Å². The number of carbonyl (C=O) groups is 1. The Labute approximate surface area is 125 Å². The summed E-state index contributed by atoms with van der Waals surface area (Å²) in [5.74, 6) is 0.207. The molecule has 0 aromatic heterocycles. The normalized spacial score (nSPS) is 14.7. The van der Waals surface area contributed by atoms with Crippen molar-refractivity contribution in [2.75, 3.05) is 4.90 Å². The Morgan fingerprint density at radius 3 is 2.67 bits per heavy atom. The van der Waals surface area contributed by atoms with E-state index in [0.29, 0.717) is 19.5 Å². The maximum absolute atomic E-state index is 12.4. The van der Waals surface area contributed by atoms with Crippen LogP contribution in [0, 0.1) is 0 Å². The Morgan fingerprint density at radius 1 is 1.00 bits per heavy atom. The minimum atomic E-state index is 0.207. The van der Waals surface area contributed by atoms with E-state index >= 15 is 0 Å². The van der Waals surface area contributed by atoms with E-state index in [2.05, 4.69) is 18.2 Å². The summed E-state index contributed by atoms with van der Waals surface area (Å²) in [6.07, 6.45) is 2.52. The lowest BCUT2D eigenvalue weighted by Gasteiger charge is -2.23. The molecule has 0 bridgehead atoms. The second-order valence-corrected chi connectivity index (χ2v) is 5.49. The van der Waals surface area contributed by atoms with Crippen LogP contribution in [0.15, 0.2) is 48.5 Å². The first-order chi connectivity index (χ1) is 10.3. The summed E-state index contributed by atoms with van der Waals surface area (Å²) in [5.41, 5.74) is 10.2. The number of rotatable bonds is 3. The average molecular weight is 280 g/mol. The monoisotopic (exact) mass is 280 g/mol. The average Bonchev–Trinajstić information content (AvgIpc) is 2.68. The number of hydrogen-bond acceptors (Lipinski definition) is 2. The minimum Gasteiger partial charge on any atom is -0.326 e. The van der Waals surface area contributed by atoms with Gasteiger partial charge in [-0.25, -0.2) is 0 Å². The van der Waals surface area contributed by atoms with E-state index in [-0.39, 0.29) is 5.91 Å². The largest absolute Gasteiger partial charge is 0.326 e. The second kappa shape index (κ2) is 6.10. The van der Waals surface area contributed by atoms with Crippen LogP contribution in [0.5, 0.6) is 0 Å². The highest BCUT2D eigenvalue weighted by atomic mass is 16.2. The topological polar surface area (TPSA) is 46.3 Å². The highest BCUT2D eigenvalue weighted by molar-refractivity contribution is 5.94. The van der Waals surface area contributed by atoms with Crippen molar-refractivity contribution in [3.8, 4) is 0 Å². The van der Waals surface area contributed by atoms with E-state index < -0.39 is 0 Å². The number of carbonyl (C=O) groups excluding carboxylic acids is 1. The maximum atomic E-state index is 12.4. The van der Waals surface area contributed by atoms with Gasteiger partial charge in [-0.15, -0.1) is 0 Å². The predicted octanol–water partition coefficient (Wildman–Crippen LogP) is 3.01. The maximum Gasteiger partial charge on any atom is 0.227 e. The molecule has 0 saturated carbocycles. The summed E-state index contributed by atoms with van der Waals surface area (Å²) >= 11 is 0. The number of amides is 1. The molecule has 0 unspecified atom stereocenters. The fraction of sp³-hybridized carbons (Fsp3) is 0.278. The van der Waals surface area contributed by atoms with Gasteiger partial charge in [-0.1, -0.05) is 42.5 Å². The molecule has 0 saturated heterocycles. The third kappa shape index (κ3) is 2.98. The van der Waals surface area contributed by atoms with Crippen LogP contribution in [0.3, 0.4) is 0 Å². The van der Waals surface area contributed by atoms with Gasteiger partial charge < -0.3 is 10.6 Å². The molecule has 0 aliphatic carbocycles. The summed E-state index contributed by atoms with van der Waals surface area (Å²) in [6.45, 7) is 1.14. The van der Waals surface area contributed by atoms with Crippen molar-refractivity contribution in [1.82, 2.24) is 0 Å². The van der Waals surface area contributed by atoms with Crippen molar-refractivity contribution in [3.05, 3.63) is 65.2 Å². The van der Waals surface area contributed by atoms with E-state index in [9.17, 15) is 4.79 Å². The SMILES string of the molecule is NCc1cccc(CN2C(=O)CCCc3ccccc32)c1. The molecule has 21 heavy (non-hydrogen) atoms. The van der Waals surface area contributed by atoms with Gasteiger partial charge in [-0.3, -0.25) is 4.79 Å². The first-order valence-electron chi connectivity index (χ1n) is 7.44. The lowest BCUT2D eigenvalue weighted by Crippen LogP contribution is -2.29. The fourth-order valence-electron chi connectivity index (χ4n) is 2.90. The van der Waals surface area contributed by atoms with E-state index in [4.69, 9.17) is 5.73 Å². The third-order valence-corrected chi connectivity index (χ3v) is 3.99. The summed E-state index contributed by atoms with van der Waals surface area (Å²) in [7, 11) is 0. The van der Waals surface area contributed by atoms with Gasteiger partial charge in [-0.05, 0) is 35.6 Å². The molecule has 3 heteroatoms. The van der Waals surface area contributed by atoms with Crippen LogP contribution in [0.1, 0.15) is 29.5 Å². The first kappa shape index (κ1) is 13.8. The lowest BCUT2D eigenvalue weighted by atomic mass is 10.1. The van der Waals surface area contributed by atoms with E-state index in [1.54, 1.807) is 0 Å². The Bertz CT molecular complexity index is 651. The minimum absolute atomic E-state index is 0.207. The molecule has 0 atom stereocenters. The molecule has 2 aromatic carbocycles. The Kier molecular flexibility index (Phi) is 4.02. The summed E-state index contributed by atoms with van der Waals surface area (Å²) in [6, 6.07) is 16.4. The van der Waals surface area contributed by atoms with Crippen LogP contribution in [-0.4, -0.2) is 5.91 Å². The van der Waals surface area contributed by atoms with Crippen LogP contribution >= 0.6 is 0 Å². The predicted molar refractivity (Wildman–Crippen MR) is 84.9 cm³/mol. The quantitative estimate of drug-likeness (QED) is 0.939. The van der Waals surface area contributed by atoms with Gasteiger partial charge in [0.1, 0.15) is 0 Å². The van der Waals surface area contributed by atoms with Crippen LogP contribution in [0.2, 0.25) is 0 Å². The Morgan fingerprint density at radius 2 is 1.81 bits per heavy atom. The van der Waals surface area contributed by atoms with Crippen molar-refractivity contribution in [3.63, 3.8) is 0 Å². The summed E-state index contributed by atoms with van der Waals surface area (Å²) in [4.78, 5) is 14.4. The molecule has 1 heterocycles. The van der Waals surface area contributed by atoms with Crippen molar-refractivity contribution >= 4 is 11.6 Å². The molecule has 1 aliphatic heterocycles. The summed E-state index contributed by atoms with van der Waals surface area (Å²) < 4.78 is 0. The summed E-state index contributed by atoms with van der Waals surface area (Å²) in [5, 5.41) is 0. The van der Waals surface area contributed by atoms with Gasteiger partial charge in [0, 0.05) is 18.7 Å². The third-order valence-electron chi connectivity index (χ3n) is 3.99. The fourth-order valence-corrected chi connectivity index (χ4v) is 2.90. The number of hydrogen-bond donors (Lipinski definition) is 1. The molecule has 0 radical (unpaired) electrons. The van der Waals surface area contributed by atoms with Gasteiger partial charge in [-0.2, -0.15) is 0 Å². The zero-order valence-electron chi connectivity index (χ0n) is 12.1. The number of nitrogens with zero attached hydrogens (tertiary/aromatic N) is 1. The zero-order chi connectivity index (χ0) is 14.7. The van der Waals surface area contributed by atoms with Gasteiger partial charge in [0.05, 0.1) is 6.54 Å². The molecule has 2 aromatic rings. The van der Waals surface area contributed by atoms with Crippen LogP contribution in [0.4, 0.5) is 5.69 Å².